The highest BCUT2D eigenvalue weighted by molar-refractivity contribution is 7.89. The molecule has 0 spiro atoms. The molecular weight excluding hydrogens is 536 g/mol. The van der Waals surface area contributed by atoms with Crippen molar-refractivity contribution in [2.45, 2.75) is 24.3 Å². The molecule has 0 aliphatic carbocycles. The van der Waals surface area contributed by atoms with Crippen LogP contribution in [0.1, 0.15) is 6.92 Å². The Kier molecular flexibility index (Phi) is 9.45. The van der Waals surface area contributed by atoms with Crippen LogP contribution in [0, 0.1) is 11.6 Å². The van der Waals surface area contributed by atoms with Gasteiger partial charge in [-0.3, -0.25) is 14.7 Å². The van der Waals surface area contributed by atoms with Crippen molar-refractivity contribution in [2.75, 3.05) is 49.6 Å². The second-order valence-corrected chi connectivity index (χ2v) is 9.85. The van der Waals surface area contributed by atoms with Crippen LogP contribution in [0.5, 0.6) is 0 Å². The second kappa shape index (κ2) is 12.4. The van der Waals surface area contributed by atoms with E-state index in [2.05, 4.69) is 10.4 Å². The van der Waals surface area contributed by atoms with Crippen molar-refractivity contribution in [1.82, 2.24) is 20.1 Å². The molecule has 0 radical (unpaired) electrons. The van der Waals surface area contributed by atoms with E-state index in [1.807, 2.05) is 5.32 Å². The molecule has 1 atom stereocenters. The lowest BCUT2D eigenvalue weighted by molar-refractivity contribution is -0.132. The molecule has 1 aromatic carbocycles. The van der Waals surface area contributed by atoms with Crippen LogP contribution in [0.15, 0.2) is 41.6 Å². The monoisotopic (exact) mass is 562 g/mol. The summed E-state index contributed by atoms with van der Waals surface area (Å²) < 4.78 is 86.5. The first-order chi connectivity index (χ1) is 18.0. The standard InChI is InChI=1S/C22H26F4N6O5S/c1-3-30(7-8-32(27-2)38(35,36)16-5-4-6-28-12-16)19-17(23)9-14(10-18(19)24)31-13-15(37-22(31)34)11-29-21(33)20(25)26/h4-6,9-10,12,15,20,27H,3,7-8,11,13H2,1-2H3,(H,29,33)/t15-/m0/s1. The average molecular weight is 563 g/mol. The van der Waals surface area contributed by atoms with Gasteiger partial charge >= 0.3 is 12.5 Å². The first kappa shape index (κ1) is 29.1. The zero-order chi connectivity index (χ0) is 28.0. The van der Waals surface area contributed by atoms with Crippen LogP contribution in [-0.2, 0) is 19.6 Å². The minimum Gasteiger partial charge on any atom is -0.442 e. The molecule has 2 amide bonds. The van der Waals surface area contributed by atoms with E-state index in [4.69, 9.17) is 4.74 Å². The number of rotatable bonds is 12. The Hall–Kier alpha value is -3.50. The van der Waals surface area contributed by atoms with Gasteiger partial charge in [0.25, 0.3) is 15.9 Å². The lowest BCUT2D eigenvalue weighted by Gasteiger charge is -2.28. The summed E-state index contributed by atoms with van der Waals surface area (Å²) in [6.45, 7) is 0.843. The number of alkyl halides is 2. The van der Waals surface area contributed by atoms with Gasteiger partial charge in [-0.05, 0) is 26.1 Å². The van der Waals surface area contributed by atoms with Gasteiger partial charge in [-0.2, -0.15) is 8.78 Å². The number of anilines is 2. The number of cyclic esters (lactones) is 1. The fourth-order valence-electron chi connectivity index (χ4n) is 3.76. The van der Waals surface area contributed by atoms with Crippen molar-refractivity contribution >= 4 is 33.4 Å². The maximum absolute atomic E-state index is 15.1. The summed E-state index contributed by atoms with van der Waals surface area (Å²) in [6, 6.07) is 4.64. The van der Waals surface area contributed by atoms with E-state index in [1.54, 1.807) is 6.92 Å². The number of ether oxygens (including phenoxy) is 1. The Morgan fingerprint density at radius 1 is 1.26 bits per heavy atom. The van der Waals surface area contributed by atoms with Gasteiger partial charge in [-0.15, -0.1) is 4.41 Å². The molecule has 3 rings (SSSR count). The van der Waals surface area contributed by atoms with Gasteiger partial charge in [0.15, 0.2) is 11.6 Å². The molecule has 1 aromatic heterocycles. The molecule has 2 heterocycles. The number of pyridine rings is 1. The van der Waals surface area contributed by atoms with E-state index in [0.717, 1.165) is 21.4 Å². The molecule has 16 heteroatoms. The van der Waals surface area contributed by atoms with Crippen LogP contribution in [-0.4, -0.2) is 82.1 Å². The molecule has 38 heavy (non-hydrogen) atoms. The summed E-state index contributed by atoms with van der Waals surface area (Å²) in [5.41, 5.74) is 1.95. The maximum atomic E-state index is 15.1. The molecule has 11 nitrogen and oxygen atoms in total. The number of carbonyl (C=O) groups is 2. The molecule has 1 fully saturated rings. The van der Waals surface area contributed by atoms with Gasteiger partial charge in [0.05, 0.1) is 18.8 Å². The number of nitrogens with zero attached hydrogens (tertiary/aromatic N) is 4. The van der Waals surface area contributed by atoms with E-state index < -0.39 is 58.4 Å². The third-order valence-corrected chi connectivity index (χ3v) is 7.41. The van der Waals surface area contributed by atoms with Gasteiger partial charge in [-0.1, -0.05) is 0 Å². The molecule has 1 saturated heterocycles. The van der Waals surface area contributed by atoms with Gasteiger partial charge in [0.2, 0.25) is 0 Å². The van der Waals surface area contributed by atoms with Crippen molar-refractivity contribution in [3.05, 3.63) is 48.3 Å². The van der Waals surface area contributed by atoms with Crippen LogP contribution in [0.2, 0.25) is 0 Å². The van der Waals surface area contributed by atoms with E-state index >= 15 is 8.78 Å². The third-order valence-electron chi connectivity index (χ3n) is 5.63. The highest BCUT2D eigenvalue weighted by Gasteiger charge is 2.34. The zero-order valence-electron chi connectivity index (χ0n) is 20.4. The van der Waals surface area contributed by atoms with E-state index in [9.17, 15) is 26.8 Å². The Morgan fingerprint density at radius 2 is 1.95 bits per heavy atom. The summed E-state index contributed by atoms with van der Waals surface area (Å²) in [6.07, 6.45) is -2.61. The van der Waals surface area contributed by atoms with Gasteiger partial charge in [-0.25, -0.2) is 27.4 Å². The lowest BCUT2D eigenvalue weighted by atomic mass is 10.2. The number of sulfonamides is 1. The molecule has 1 aliphatic heterocycles. The van der Waals surface area contributed by atoms with Crippen LogP contribution in [0.3, 0.4) is 0 Å². The minimum absolute atomic E-state index is 0.0660. The number of hydrazine groups is 1. The van der Waals surface area contributed by atoms with Crippen molar-refractivity contribution in [1.29, 1.82) is 0 Å². The SMILES string of the molecule is CCN(CCN(NC)S(=O)(=O)c1cccnc1)c1c(F)cc(N2C[C@H](CNC(=O)C(F)F)OC2=O)cc1F. The zero-order valence-corrected chi connectivity index (χ0v) is 21.2. The fourth-order valence-corrected chi connectivity index (χ4v) is 5.02. The number of amides is 2. The summed E-state index contributed by atoms with van der Waals surface area (Å²) in [5.74, 6) is -3.57. The number of hydrogen-bond donors (Lipinski definition) is 2. The number of aromatic nitrogens is 1. The Balaban J connectivity index is 1.73. The second-order valence-electron chi connectivity index (χ2n) is 7.99. The van der Waals surface area contributed by atoms with Gasteiger partial charge in [0.1, 0.15) is 16.7 Å². The highest BCUT2D eigenvalue weighted by Crippen LogP contribution is 2.31. The average Bonchev–Trinajstić information content (AvgIpc) is 3.26. The highest BCUT2D eigenvalue weighted by atomic mass is 32.2. The quantitative estimate of drug-likeness (QED) is 0.296. The Bertz CT molecular complexity index is 1230. The predicted octanol–water partition coefficient (Wildman–Crippen LogP) is 1.72. The summed E-state index contributed by atoms with van der Waals surface area (Å²) >= 11 is 0. The lowest BCUT2D eigenvalue weighted by Crippen LogP contribution is -2.45. The van der Waals surface area contributed by atoms with Crippen LogP contribution < -0.4 is 20.5 Å². The Morgan fingerprint density at radius 3 is 2.50 bits per heavy atom. The van der Waals surface area contributed by atoms with Gasteiger partial charge < -0.3 is 15.0 Å². The Labute approximate surface area is 216 Å². The van der Waals surface area contributed by atoms with Crippen molar-refractivity contribution in [3.63, 3.8) is 0 Å². The first-order valence-electron chi connectivity index (χ1n) is 11.4. The number of likely N-dealkylation sites (N-methyl/N-ethyl adjacent to an activating group) is 1. The van der Waals surface area contributed by atoms with E-state index in [-0.39, 0.29) is 36.8 Å². The fraction of sp³-hybridized carbons (Fsp3) is 0.409. The topological polar surface area (TPSA) is 124 Å². The maximum Gasteiger partial charge on any atom is 0.414 e. The van der Waals surface area contributed by atoms with Crippen molar-refractivity contribution < 1.29 is 40.3 Å². The predicted molar refractivity (Wildman–Crippen MR) is 128 cm³/mol. The third kappa shape index (κ3) is 6.49. The molecule has 2 N–H and O–H groups in total. The van der Waals surface area contributed by atoms with Gasteiger partial charge in [0, 0.05) is 44.2 Å². The summed E-state index contributed by atoms with van der Waals surface area (Å²) in [5, 5.41) is 1.92. The molecule has 0 bridgehead atoms. The number of halogens is 4. The number of benzene rings is 1. The van der Waals surface area contributed by atoms with E-state index in [1.165, 1.54) is 36.5 Å². The molecule has 2 aromatic rings. The normalized spacial score (nSPS) is 15.7. The minimum atomic E-state index is -3.98. The smallest absolute Gasteiger partial charge is 0.414 e. The van der Waals surface area contributed by atoms with Crippen LogP contribution in [0.4, 0.5) is 33.7 Å². The van der Waals surface area contributed by atoms with Crippen LogP contribution >= 0.6 is 0 Å². The molecular formula is C22H26F4N6O5S. The van der Waals surface area contributed by atoms with Crippen LogP contribution in [0.25, 0.3) is 0 Å². The molecule has 1 aliphatic rings. The number of carbonyl (C=O) groups excluding carboxylic acids is 2. The summed E-state index contributed by atoms with van der Waals surface area (Å²) in [4.78, 5) is 29.2. The number of nitrogens with one attached hydrogen (secondary N) is 2. The molecule has 0 saturated carbocycles. The van der Waals surface area contributed by atoms with Crippen molar-refractivity contribution in [3.8, 4) is 0 Å². The molecule has 208 valence electrons. The largest absolute Gasteiger partial charge is 0.442 e. The number of hydrogen-bond acceptors (Lipinski definition) is 8. The van der Waals surface area contributed by atoms with E-state index in [0.29, 0.717) is 0 Å². The summed E-state index contributed by atoms with van der Waals surface area (Å²) in [7, 11) is -2.59. The first-order valence-corrected chi connectivity index (χ1v) is 12.8. The molecule has 0 unspecified atom stereocenters. The van der Waals surface area contributed by atoms with Crippen molar-refractivity contribution in [2.24, 2.45) is 0 Å².